The van der Waals surface area contributed by atoms with E-state index in [-0.39, 0.29) is 0 Å². The summed E-state index contributed by atoms with van der Waals surface area (Å²) < 4.78 is 0. The molecule has 2 nitrogen and oxygen atoms in total. The Labute approximate surface area is 155 Å². The van der Waals surface area contributed by atoms with Crippen molar-refractivity contribution in [3.63, 3.8) is 0 Å². The highest BCUT2D eigenvalue weighted by atomic mass is 35.5. The summed E-state index contributed by atoms with van der Waals surface area (Å²) in [5.74, 6) is 2.91. The number of halogens is 1. The van der Waals surface area contributed by atoms with E-state index in [1.165, 1.54) is 38.5 Å². The Bertz CT molecular complexity index is 622. The second-order valence-corrected chi connectivity index (χ2v) is 9.40. The second kappa shape index (κ2) is 6.17. The molecule has 4 aliphatic rings. The number of hydrogen-bond donors (Lipinski definition) is 2. The molecule has 4 heteroatoms. The molecule has 0 aromatic heterocycles. The summed E-state index contributed by atoms with van der Waals surface area (Å²) in [5.41, 5.74) is 2.62. The van der Waals surface area contributed by atoms with E-state index in [2.05, 4.69) is 24.5 Å². The molecule has 4 aliphatic carbocycles. The molecule has 0 amide bonds. The fourth-order valence-corrected chi connectivity index (χ4v) is 6.40. The Balaban J connectivity index is 1.43. The van der Waals surface area contributed by atoms with Crippen LogP contribution in [0.2, 0.25) is 5.02 Å². The predicted octanol–water partition coefficient (Wildman–Crippen LogP) is 5.54. The zero-order chi connectivity index (χ0) is 16.9. The molecule has 4 fully saturated rings. The van der Waals surface area contributed by atoms with Crippen molar-refractivity contribution < 1.29 is 0 Å². The van der Waals surface area contributed by atoms with Crippen molar-refractivity contribution in [2.45, 2.75) is 58.4 Å². The normalized spacial score (nSPS) is 34.9. The summed E-state index contributed by atoms with van der Waals surface area (Å²) >= 11 is 11.7. The van der Waals surface area contributed by atoms with Crippen molar-refractivity contribution in [3.05, 3.63) is 28.8 Å². The number of rotatable bonds is 3. The SMILES string of the molecule is Cc1ccc(Cl)cc1NC(=S)NC(C)C12CC3CC(CC(C3)C1)C2. The maximum absolute atomic E-state index is 6.11. The zero-order valence-electron chi connectivity index (χ0n) is 14.6. The second-order valence-electron chi connectivity index (χ2n) is 8.56. The molecule has 2 N–H and O–H groups in total. The first-order valence-electron chi connectivity index (χ1n) is 9.27. The van der Waals surface area contributed by atoms with Gasteiger partial charge in [0, 0.05) is 16.8 Å². The quantitative estimate of drug-likeness (QED) is 0.690. The molecule has 5 rings (SSSR count). The van der Waals surface area contributed by atoms with Gasteiger partial charge in [-0.1, -0.05) is 17.7 Å². The lowest BCUT2D eigenvalue weighted by Gasteiger charge is -2.59. The Morgan fingerprint density at radius 1 is 1.17 bits per heavy atom. The Kier molecular flexibility index (Phi) is 4.29. The van der Waals surface area contributed by atoms with Gasteiger partial charge < -0.3 is 10.6 Å². The van der Waals surface area contributed by atoms with Crippen LogP contribution in [0.4, 0.5) is 5.69 Å². The van der Waals surface area contributed by atoms with Crippen LogP contribution < -0.4 is 10.6 Å². The van der Waals surface area contributed by atoms with Gasteiger partial charge in [0.05, 0.1) is 0 Å². The number of benzene rings is 1. The van der Waals surface area contributed by atoms with E-state index in [1.54, 1.807) is 0 Å². The fraction of sp³-hybridized carbons (Fsp3) is 0.650. The largest absolute Gasteiger partial charge is 0.359 e. The molecule has 1 atom stereocenters. The number of anilines is 1. The molecule has 1 aromatic rings. The van der Waals surface area contributed by atoms with Gasteiger partial charge in [-0.3, -0.25) is 0 Å². The van der Waals surface area contributed by atoms with E-state index in [4.69, 9.17) is 23.8 Å². The Morgan fingerprint density at radius 2 is 1.75 bits per heavy atom. The van der Waals surface area contributed by atoms with Crippen LogP contribution in [-0.4, -0.2) is 11.2 Å². The van der Waals surface area contributed by atoms with E-state index < -0.39 is 0 Å². The van der Waals surface area contributed by atoms with Crippen molar-refractivity contribution in [3.8, 4) is 0 Å². The van der Waals surface area contributed by atoms with Gasteiger partial charge in [0.25, 0.3) is 0 Å². The summed E-state index contributed by atoms with van der Waals surface area (Å²) in [6.07, 6.45) is 8.63. The molecule has 0 heterocycles. The van der Waals surface area contributed by atoms with Crippen molar-refractivity contribution in [1.82, 2.24) is 5.32 Å². The molecule has 0 spiro atoms. The highest BCUT2D eigenvalue weighted by molar-refractivity contribution is 7.80. The minimum Gasteiger partial charge on any atom is -0.359 e. The molecular weight excluding hydrogens is 336 g/mol. The first-order chi connectivity index (χ1) is 11.4. The maximum Gasteiger partial charge on any atom is 0.171 e. The number of aryl methyl sites for hydroxylation is 1. The van der Waals surface area contributed by atoms with Crippen molar-refractivity contribution in [2.24, 2.45) is 23.2 Å². The topological polar surface area (TPSA) is 24.1 Å². The van der Waals surface area contributed by atoms with Gasteiger partial charge in [-0.25, -0.2) is 0 Å². The molecule has 0 saturated heterocycles. The molecular formula is C20H27ClN2S. The molecule has 4 bridgehead atoms. The van der Waals surface area contributed by atoms with Gasteiger partial charge in [-0.2, -0.15) is 0 Å². The minimum absolute atomic E-state index is 0.436. The first-order valence-corrected chi connectivity index (χ1v) is 10.1. The maximum atomic E-state index is 6.11. The fourth-order valence-electron chi connectivity index (χ4n) is 5.94. The average Bonchev–Trinajstić information content (AvgIpc) is 2.49. The summed E-state index contributed by atoms with van der Waals surface area (Å²) in [7, 11) is 0. The molecule has 0 radical (unpaired) electrons. The van der Waals surface area contributed by atoms with Gasteiger partial charge >= 0.3 is 0 Å². The van der Waals surface area contributed by atoms with E-state index in [1.807, 2.05) is 18.2 Å². The monoisotopic (exact) mass is 362 g/mol. The van der Waals surface area contributed by atoms with E-state index >= 15 is 0 Å². The molecule has 4 saturated carbocycles. The highest BCUT2D eigenvalue weighted by Gasteiger charge is 2.53. The third-order valence-corrected chi connectivity index (χ3v) is 7.25. The first kappa shape index (κ1) is 16.7. The van der Waals surface area contributed by atoms with Gasteiger partial charge in [0.1, 0.15) is 0 Å². The van der Waals surface area contributed by atoms with Crippen LogP contribution in [0.1, 0.15) is 51.0 Å². The van der Waals surface area contributed by atoms with Crippen molar-refractivity contribution >= 4 is 34.6 Å². The van der Waals surface area contributed by atoms with Crippen LogP contribution in [0.15, 0.2) is 18.2 Å². The lowest BCUT2D eigenvalue weighted by atomic mass is 9.48. The third-order valence-electron chi connectivity index (χ3n) is 6.80. The smallest absolute Gasteiger partial charge is 0.171 e. The Hall–Kier alpha value is -0.800. The molecule has 24 heavy (non-hydrogen) atoms. The number of thiocarbonyl (C=S) groups is 1. The molecule has 1 unspecified atom stereocenters. The third kappa shape index (κ3) is 3.06. The zero-order valence-corrected chi connectivity index (χ0v) is 16.1. The van der Waals surface area contributed by atoms with Crippen molar-refractivity contribution in [1.29, 1.82) is 0 Å². The van der Waals surface area contributed by atoms with Crippen LogP contribution >= 0.6 is 23.8 Å². The van der Waals surface area contributed by atoms with Crippen LogP contribution in [-0.2, 0) is 0 Å². The van der Waals surface area contributed by atoms with Gasteiger partial charge in [-0.05, 0) is 105 Å². The van der Waals surface area contributed by atoms with Crippen molar-refractivity contribution in [2.75, 3.05) is 5.32 Å². The van der Waals surface area contributed by atoms with Crippen LogP contribution in [0.25, 0.3) is 0 Å². The molecule has 1 aromatic carbocycles. The van der Waals surface area contributed by atoms with E-state index in [9.17, 15) is 0 Å². The molecule has 130 valence electrons. The predicted molar refractivity (Wildman–Crippen MR) is 106 cm³/mol. The summed E-state index contributed by atoms with van der Waals surface area (Å²) in [5, 5.41) is 8.42. The lowest BCUT2D eigenvalue weighted by molar-refractivity contribution is -0.0671. The number of hydrogen-bond acceptors (Lipinski definition) is 1. The summed E-state index contributed by atoms with van der Waals surface area (Å²) in [4.78, 5) is 0. The van der Waals surface area contributed by atoms with Crippen LogP contribution in [0.5, 0.6) is 0 Å². The minimum atomic E-state index is 0.436. The van der Waals surface area contributed by atoms with E-state index in [0.717, 1.165) is 39.1 Å². The van der Waals surface area contributed by atoms with Crippen LogP contribution in [0, 0.1) is 30.1 Å². The van der Waals surface area contributed by atoms with Gasteiger partial charge in [0.2, 0.25) is 0 Å². The lowest BCUT2D eigenvalue weighted by Crippen LogP contribution is -2.56. The standard InChI is InChI=1S/C20H27ClN2S/c1-12-3-4-17(21)8-18(12)23-19(24)22-13(2)20-9-14-5-15(10-20)7-16(6-14)11-20/h3-4,8,13-16H,5-7,9-11H2,1-2H3,(H2,22,23,24). The van der Waals surface area contributed by atoms with Gasteiger partial charge in [0.15, 0.2) is 5.11 Å². The van der Waals surface area contributed by atoms with Crippen LogP contribution in [0.3, 0.4) is 0 Å². The highest BCUT2D eigenvalue weighted by Crippen LogP contribution is 2.61. The van der Waals surface area contributed by atoms with E-state index in [0.29, 0.717) is 11.5 Å². The number of nitrogens with one attached hydrogen (secondary N) is 2. The average molecular weight is 363 g/mol. The van der Waals surface area contributed by atoms with Gasteiger partial charge in [-0.15, -0.1) is 0 Å². The summed E-state index contributed by atoms with van der Waals surface area (Å²) in [6, 6.07) is 6.32. The Morgan fingerprint density at radius 3 is 2.33 bits per heavy atom. The summed E-state index contributed by atoms with van der Waals surface area (Å²) in [6.45, 7) is 4.41. The molecule has 0 aliphatic heterocycles.